The van der Waals surface area contributed by atoms with Gasteiger partial charge in [-0.15, -0.1) is 0 Å². The zero-order valence-electron chi connectivity index (χ0n) is 16.2. The molecule has 0 heterocycles. The molecule has 0 saturated carbocycles. The molecule has 6 heteroatoms. The molecule has 6 nitrogen and oxygen atoms in total. The minimum atomic E-state index is -0.352. The van der Waals surface area contributed by atoms with Gasteiger partial charge in [0.05, 0.1) is 27.8 Å². The lowest BCUT2D eigenvalue weighted by atomic mass is 10.1. The third-order valence-electron chi connectivity index (χ3n) is 3.99. The fourth-order valence-electron chi connectivity index (χ4n) is 2.63. The Kier molecular flexibility index (Phi) is 7.79. The van der Waals surface area contributed by atoms with E-state index in [1.807, 2.05) is 24.3 Å². The zero-order chi connectivity index (χ0) is 19.6. The second-order valence-corrected chi connectivity index (χ2v) is 5.78. The van der Waals surface area contributed by atoms with Crippen molar-refractivity contribution in [2.24, 2.45) is 0 Å². The van der Waals surface area contributed by atoms with Crippen LogP contribution in [0.25, 0.3) is 0 Å². The zero-order valence-corrected chi connectivity index (χ0v) is 16.2. The van der Waals surface area contributed by atoms with Gasteiger partial charge in [-0.2, -0.15) is 0 Å². The lowest BCUT2D eigenvalue weighted by Crippen LogP contribution is -2.14. The van der Waals surface area contributed by atoms with Crippen molar-refractivity contribution in [3.63, 3.8) is 0 Å². The number of carbonyl (C=O) groups excluding carboxylic acids is 1. The summed E-state index contributed by atoms with van der Waals surface area (Å²) in [7, 11) is 4.60. The van der Waals surface area contributed by atoms with Crippen LogP contribution < -0.4 is 18.9 Å². The number of hydrogen-bond donors (Lipinski definition) is 0. The van der Waals surface area contributed by atoms with E-state index in [-0.39, 0.29) is 19.0 Å². The Labute approximate surface area is 160 Å². The van der Waals surface area contributed by atoms with Crippen LogP contribution in [0.15, 0.2) is 36.4 Å². The van der Waals surface area contributed by atoms with Crippen LogP contribution in [0.2, 0.25) is 0 Å². The van der Waals surface area contributed by atoms with Gasteiger partial charge in [-0.05, 0) is 41.8 Å². The highest BCUT2D eigenvalue weighted by atomic mass is 16.6. The van der Waals surface area contributed by atoms with E-state index in [2.05, 4.69) is 6.92 Å². The Morgan fingerprint density at radius 1 is 0.889 bits per heavy atom. The number of benzene rings is 2. The number of carbonyl (C=O) groups is 1. The topological polar surface area (TPSA) is 63.2 Å². The van der Waals surface area contributed by atoms with Crippen molar-refractivity contribution in [2.45, 2.75) is 19.8 Å². The van der Waals surface area contributed by atoms with Crippen LogP contribution in [-0.2, 0) is 22.4 Å². The van der Waals surface area contributed by atoms with Crippen molar-refractivity contribution in [3.8, 4) is 23.0 Å². The third-order valence-corrected chi connectivity index (χ3v) is 3.99. The second-order valence-electron chi connectivity index (χ2n) is 5.78. The predicted molar refractivity (Wildman–Crippen MR) is 102 cm³/mol. The van der Waals surface area contributed by atoms with Crippen molar-refractivity contribution < 1.29 is 28.5 Å². The fraction of sp³-hybridized carbons (Fsp3) is 0.381. The highest BCUT2D eigenvalue weighted by molar-refractivity contribution is 5.73. The molecule has 27 heavy (non-hydrogen) atoms. The van der Waals surface area contributed by atoms with E-state index < -0.39 is 0 Å². The van der Waals surface area contributed by atoms with E-state index in [9.17, 15) is 4.79 Å². The Hall–Kier alpha value is -2.89. The maximum Gasteiger partial charge on any atom is 0.310 e. The van der Waals surface area contributed by atoms with Crippen molar-refractivity contribution >= 4 is 5.97 Å². The quantitative estimate of drug-likeness (QED) is 0.469. The SMILES string of the molecule is CCc1cccc(OCCOC(=O)Cc2cc(OC)c(OC)c(OC)c2)c1. The number of rotatable bonds is 10. The monoisotopic (exact) mass is 374 g/mol. The summed E-state index contributed by atoms with van der Waals surface area (Å²) in [4.78, 5) is 12.1. The summed E-state index contributed by atoms with van der Waals surface area (Å²) in [6.45, 7) is 2.57. The highest BCUT2D eigenvalue weighted by Crippen LogP contribution is 2.38. The Balaban J connectivity index is 1.86. The number of methoxy groups -OCH3 is 3. The van der Waals surface area contributed by atoms with Crippen LogP contribution in [0.4, 0.5) is 0 Å². The van der Waals surface area contributed by atoms with E-state index in [0.29, 0.717) is 29.4 Å². The second kappa shape index (κ2) is 10.3. The van der Waals surface area contributed by atoms with Gasteiger partial charge in [-0.3, -0.25) is 4.79 Å². The van der Waals surface area contributed by atoms with Gasteiger partial charge in [0, 0.05) is 0 Å². The average Bonchev–Trinajstić information content (AvgIpc) is 2.70. The maximum absolute atomic E-state index is 12.1. The van der Waals surface area contributed by atoms with E-state index >= 15 is 0 Å². The van der Waals surface area contributed by atoms with Crippen LogP contribution >= 0.6 is 0 Å². The molecule has 2 rings (SSSR count). The molecule has 0 spiro atoms. The van der Waals surface area contributed by atoms with Gasteiger partial charge < -0.3 is 23.7 Å². The summed E-state index contributed by atoms with van der Waals surface area (Å²) in [5, 5.41) is 0. The third kappa shape index (κ3) is 5.81. The predicted octanol–water partition coefficient (Wildman–Crippen LogP) is 3.44. The van der Waals surface area contributed by atoms with Crippen molar-refractivity contribution in [3.05, 3.63) is 47.5 Å². The summed E-state index contributed by atoms with van der Waals surface area (Å²) in [6, 6.07) is 11.3. The minimum absolute atomic E-state index is 0.0992. The van der Waals surface area contributed by atoms with Gasteiger partial charge in [0.15, 0.2) is 11.5 Å². The smallest absolute Gasteiger partial charge is 0.310 e. The lowest BCUT2D eigenvalue weighted by Gasteiger charge is -2.14. The lowest BCUT2D eigenvalue weighted by molar-refractivity contribution is -0.143. The average molecular weight is 374 g/mol. The molecule has 0 unspecified atom stereocenters. The van der Waals surface area contributed by atoms with Gasteiger partial charge in [0.2, 0.25) is 5.75 Å². The van der Waals surface area contributed by atoms with Gasteiger partial charge in [-0.25, -0.2) is 0 Å². The molecule has 0 radical (unpaired) electrons. The summed E-state index contributed by atoms with van der Waals surface area (Å²) in [5.41, 5.74) is 1.91. The number of hydrogen-bond acceptors (Lipinski definition) is 6. The molecule has 0 N–H and O–H groups in total. The number of ether oxygens (including phenoxy) is 5. The summed E-state index contributed by atoms with van der Waals surface area (Å²) in [5.74, 6) is 1.91. The van der Waals surface area contributed by atoms with Crippen molar-refractivity contribution in [1.29, 1.82) is 0 Å². The molecular weight excluding hydrogens is 348 g/mol. The molecule has 0 saturated heterocycles. The molecular formula is C21H26O6. The number of aryl methyl sites for hydroxylation is 1. The van der Waals surface area contributed by atoms with Crippen LogP contribution in [0.1, 0.15) is 18.1 Å². The minimum Gasteiger partial charge on any atom is -0.493 e. The first kappa shape index (κ1) is 20.4. The molecule has 0 amide bonds. The molecule has 0 atom stereocenters. The van der Waals surface area contributed by atoms with Crippen LogP contribution in [-0.4, -0.2) is 40.5 Å². The molecule has 0 aliphatic carbocycles. The van der Waals surface area contributed by atoms with E-state index in [1.165, 1.54) is 26.9 Å². The molecule has 2 aromatic rings. The molecule has 0 bridgehead atoms. The normalized spacial score (nSPS) is 10.2. The molecule has 146 valence electrons. The summed E-state index contributed by atoms with van der Waals surface area (Å²) in [6.07, 6.45) is 1.04. The largest absolute Gasteiger partial charge is 0.493 e. The molecule has 0 aliphatic heterocycles. The standard InChI is InChI=1S/C21H26O6/c1-5-15-7-6-8-17(11-15)26-9-10-27-20(22)14-16-12-18(23-2)21(25-4)19(13-16)24-3/h6-8,11-13H,5,9-10,14H2,1-4H3. The van der Waals surface area contributed by atoms with Gasteiger partial charge in [0.25, 0.3) is 0 Å². The van der Waals surface area contributed by atoms with E-state index in [1.54, 1.807) is 12.1 Å². The summed E-state index contributed by atoms with van der Waals surface area (Å²) < 4.78 is 26.7. The Morgan fingerprint density at radius 3 is 2.19 bits per heavy atom. The fourth-order valence-corrected chi connectivity index (χ4v) is 2.63. The van der Waals surface area contributed by atoms with Gasteiger partial charge in [-0.1, -0.05) is 19.1 Å². The first-order chi connectivity index (χ1) is 13.1. The Bertz CT molecular complexity index is 731. The number of esters is 1. The summed E-state index contributed by atoms with van der Waals surface area (Å²) >= 11 is 0. The first-order valence-electron chi connectivity index (χ1n) is 8.77. The molecule has 2 aromatic carbocycles. The van der Waals surface area contributed by atoms with E-state index in [4.69, 9.17) is 23.7 Å². The first-order valence-corrected chi connectivity index (χ1v) is 8.77. The van der Waals surface area contributed by atoms with Crippen LogP contribution in [0.3, 0.4) is 0 Å². The van der Waals surface area contributed by atoms with Gasteiger partial charge >= 0.3 is 5.97 Å². The Morgan fingerprint density at radius 2 is 1.59 bits per heavy atom. The van der Waals surface area contributed by atoms with Crippen LogP contribution in [0, 0.1) is 0 Å². The van der Waals surface area contributed by atoms with Crippen molar-refractivity contribution in [1.82, 2.24) is 0 Å². The van der Waals surface area contributed by atoms with Crippen molar-refractivity contribution in [2.75, 3.05) is 34.5 Å². The molecule has 0 aliphatic rings. The van der Waals surface area contributed by atoms with E-state index in [0.717, 1.165) is 12.2 Å². The van der Waals surface area contributed by atoms with Gasteiger partial charge in [0.1, 0.15) is 19.0 Å². The van der Waals surface area contributed by atoms with Crippen LogP contribution in [0.5, 0.6) is 23.0 Å². The molecule has 0 fully saturated rings. The highest BCUT2D eigenvalue weighted by Gasteiger charge is 2.15. The molecule has 0 aromatic heterocycles. The maximum atomic E-state index is 12.1.